The Bertz CT molecular complexity index is 401. The predicted octanol–water partition coefficient (Wildman–Crippen LogP) is -0.0386. The fourth-order valence-corrected chi connectivity index (χ4v) is 2.23. The van der Waals surface area contributed by atoms with Gasteiger partial charge in [-0.1, -0.05) is 13.8 Å². The van der Waals surface area contributed by atoms with Crippen molar-refractivity contribution in [3.8, 4) is 0 Å². The van der Waals surface area contributed by atoms with Crippen molar-refractivity contribution in [3.05, 3.63) is 0 Å². The summed E-state index contributed by atoms with van der Waals surface area (Å²) in [6.07, 6.45) is -1.09. The summed E-state index contributed by atoms with van der Waals surface area (Å²) in [5.74, 6) is -0.532. The number of hydrogen-bond donors (Lipinski definition) is 4. The fourth-order valence-electron chi connectivity index (χ4n) is 2.23. The summed E-state index contributed by atoms with van der Waals surface area (Å²) < 4.78 is 0. The molecule has 5 unspecified atom stereocenters. The van der Waals surface area contributed by atoms with Crippen molar-refractivity contribution in [2.45, 2.75) is 65.3 Å². The SMILES string of the molecule is CC(NC(=O)C(C)C(C)CCN(C)C)C(=O)NC(C)[C@@H](O)C(C)O. The Labute approximate surface area is 145 Å². The molecule has 142 valence electrons. The quantitative estimate of drug-likeness (QED) is 0.445. The fraction of sp³-hybridized carbons (Fsp3) is 0.882. The Balaban J connectivity index is 4.45. The summed E-state index contributed by atoms with van der Waals surface area (Å²) in [6.45, 7) is 9.46. The third-order valence-corrected chi connectivity index (χ3v) is 4.43. The van der Waals surface area contributed by atoms with E-state index in [0.29, 0.717) is 0 Å². The molecule has 0 saturated carbocycles. The first-order valence-corrected chi connectivity index (χ1v) is 8.59. The molecule has 7 heteroatoms. The average molecular weight is 345 g/mol. The lowest BCUT2D eigenvalue weighted by Gasteiger charge is -2.26. The van der Waals surface area contributed by atoms with Crippen molar-refractivity contribution in [3.63, 3.8) is 0 Å². The Hall–Kier alpha value is -1.18. The van der Waals surface area contributed by atoms with E-state index in [9.17, 15) is 19.8 Å². The number of aliphatic hydroxyl groups is 2. The summed E-state index contributed by atoms with van der Waals surface area (Å²) in [5.41, 5.74) is 0. The standard InChI is InChI=1S/C17H35N3O4/c1-10(8-9-20(6)7)11(2)16(23)19-13(4)17(24)18-12(3)15(22)14(5)21/h10-15,21-22H,8-9H2,1-7H3,(H,18,24)(H,19,23)/t10?,11?,12?,13?,14?,15-/m1/s1. The van der Waals surface area contributed by atoms with E-state index in [2.05, 4.69) is 15.5 Å². The molecule has 0 aliphatic carbocycles. The van der Waals surface area contributed by atoms with Crippen molar-refractivity contribution in [1.82, 2.24) is 15.5 Å². The molecule has 0 saturated heterocycles. The van der Waals surface area contributed by atoms with E-state index in [1.807, 2.05) is 27.9 Å². The van der Waals surface area contributed by atoms with Crippen molar-refractivity contribution in [1.29, 1.82) is 0 Å². The molecule has 0 spiro atoms. The Morgan fingerprint density at radius 2 is 1.50 bits per heavy atom. The first-order valence-electron chi connectivity index (χ1n) is 8.59. The highest BCUT2D eigenvalue weighted by molar-refractivity contribution is 5.88. The minimum atomic E-state index is -1.05. The van der Waals surface area contributed by atoms with Crippen LogP contribution in [0.2, 0.25) is 0 Å². The molecule has 2 amide bonds. The minimum absolute atomic E-state index is 0.160. The summed E-state index contributed by atoms with van der Waals surface area (Å²) in [5, 5.41) is 24.4. The van der Waals surface area contributed by atoms with Crippen LogP contribution in [-0.4, -0.2) is 71.9 Å². The van der Waals surface area contributed by atoms with Gasteiger partial charge in [0, 0.05) is 5.92 Å². The van der Waals surface area contributed by atoms with Crippen molar-refractivity contribution in [2.75, 3.05) is 20.6 Å². The van der Waals surface area contributed by atoms with Crippen molar-refractivity contribution < 1.29 is 19.8 Å². The number of hydrogen-bond acceptors (Lipinski definition) is 5. The molecule has 0 heterocycles. The van der Waals surface area contributed by atoms with E-state index in [-0.39, 0.29) is 23.7 Å². The smallest absolute Gasteiger partial charge is 0.242 e. The topological polar surface area (TPSA) is 102 Å². The lowest BCUT2D eigenvalue weighted by atomic mass is 9.91. The van der Waals surface area contributed by atoms with Crippen LogP contribution in [0.3, 0.4) is 0 Å². The van der Waals surface area contributed by atoms with Gasteiger partial charge < -0.3 is 25.7 Å². The average Bonchev–Trinajstić information content (AvgIpc) is 2.50. The van der Waals surface area contributed by atoms with E-state index in [1.54, 1.807) is 13.8 Å². The van der Waals surface area contributed by atoms with E-state index in [4.69, 9.17) is 0 Å². The molecule has 0 bridgehead atoms. The largest absolute Gasteiger partial charge is 0.391 e. The molecule has 0 aromatic carbocycles. The van der Waals surface area contributed by atoms with E-state index in [0.717, 1.165) is 13.0 Å². The maximum atomic E-state index is 12.3. The van der Waals surface area contributed by atoms with E-state index >= 15 is 0 Å². The summed E-state index contributed by atoms with van der Waals surface area (Å²) in [6, 6.07) is -1.31. The zero-order chi connectivity index (χ0) is 19.0. The van der Waals surface area contributed by atoms with Gasteiger partial charge in [-0.25, -0.2) is 0 Å². The first kappa shape index (κ1) is 22.8. The molecule has 0 radical (unpaired) electrons. The monoisotopic (exact) mass is 345 g/mol. The van der Waals surface area contributed by atoms with Gasteiger partial charge in [0.15, 0.2) is 0 Å². The van der Waals surface area contributed by atoms with E-state index in [1.165, 1.54) is 6.92 Å². The second-order valence-corrected chi connectivity index (χ2v) is 7.12. The highest BCUT2D eigenvalue weighted by Gasteiger charge is 2.26. The lowest BCUT2D eigenvalue weighted by molar-refractivity contribution is -0.132. The van der Waals surface area contributed by atoms with Crippen LogP contribution in [0.15, 0.2) is 0 Å². The van der Waals surface area contributed by atoms with E-state index < -0.39 is 24.3 Å². The van der Waals surface area contributed by atoms with Crippen LogP contribution in [0.4, 0.5) is 0 Å². The molecule has 0 rings (SSSR count). The number of carbonyl (C=O) groups is 2. The maximum absolute atomic E-state index is 12.3. The molecule has 0 aromatic heterocycles. The minimum Gasteiger partial charge on any atom is -0.391 e. The maximum Gasteiger partial charge on any atom is 0.242 e. The van der Waals surface area contributed by atoms with Gasteiger partial charge in [-0.05, 0) is 53.8 Å². The number of carbonyl (C=O) groups excluding carboxylic acids is 2. The second-order valence-electron chi connectivity index (χ2n) is 7.12. The summed E-state index contributed by atoms with van der Waals surface area (Å²) in [4.78, 5) is 26.5. The molecule has 0 aromatic rings. The Kier molecular flexibility index (Phi) is 10.1. The van der Waals surface area contributed by atoms with Crippen molar-refractivity contribution in [2.24, 2.45) is 11.8 Å². The number of rotatable bonds is 10. The van der Waals surface area contributed by atoms with Gasteiger partial charge in [0.2, 0.25) is 11.8 Å². The van der Waals surface area contributed by atoms with Gasteiger partial charge in [-0.3, -0.25) is 9.59 Å². The predicted molar refractivity (Wildman–Crippen MR) is 94.4 cm³/mol. The third kappa shape index (κ3) is 8.08. The van der Waals surface area contributed by atoms with Crippen molar-refractivity contribution >= 4 is 11.8 Å². The molecule has 0 fully saturated rings. The molecule has 24 heavy (non-hydrogen) atoms. The molecule has 7 nitrogen and oxygen atoms in total. The number of nitrogens with zero attached hydrogens (tertiary/aromatic N) is 1. The van der Waals surface area contributed by atoms with Crippen LogP contribution in [0, 0.1) is 11.8 Å². The molecule has 0 aliphatic heterocycles. The van der Waals surface area contributed by atoms with Crippen LogP contribution >= 0.6 is 0 Å². The summed E-state index contributed by atoms with van der Waals surface area (Å²) >= 11 is 0. The van der Waals surface area contributed by atoms with Crippen LogP contribution < -0.4 is 10.6 Å². The third-order valence-electron chi connectivity index (χ3n) is 4.43. The zero-order valence-electron chi connectivity index (χ0n) is 16.0. The van der Waals surface area contributed by atoms with Crippen LogP contribution in [0.5, 0.6) is 0 Å². The van der Waals surface area contributed by atoms with Gasteiger partial charge in [0.1, 0.15) is 6.04 Å². The molecular weight excluding hydrogens is 310 g/mol. The number of nitrogens with one attached hydrogen (secondary N) is 2. The number of aliphatic hydroxyl groups excluding tert-OH is 2. The molecule has 0 aliphatic rings. The lowest BCUT2D eigenvalue weighted by Crippen LogP contribution is -2.53. The highest BCUT2D eigenvalue weighted by atomic mass is 16.3. The molecular formula is C17H35N3O4. The van der Waals surface area contributed by atoms with Gasteiger partial charge in [-0.2, -0.15) is 0 Å². The molecule has 4 N–H and O–H groups in total. The zero-order valence-corrected chi connectivity index (χ0v) is 16.0. The van der Waals surface area contributed by atoms with Gasteiger partial charge in [-0.15, -0.1) is 0 Å². The number of amides is 2. The van der Waals surface area contributed by atoms with Crippen LogP contribution in [-0.2, 0) is 9.59 Å². The van der Waals surface area contributed by atoms with Gasteiger partial charge in [0.25, 0.3) is 0 Å². The normalized spacial score (nSPS) is 19.1. The highest BCUT2D eigenvalue weighted by Crippen LogP contribution is 2.15. The Morgan fingerprint density at radius 3 is 1.96 bits per heavy atom. The van der Waals surface area contributed by atoms with Crippen LogP contribution in [0.25, 0.3) is 0 Å². The van der Waals surface area contributed by atoms with Gasteiger partial charge in [0.05, 0.1) is 18.2 Å². The first-order chi connectivity index (χ1) is 11.0. The molecule has 6 atom stereocenters. The summed E-state index contributed by atoms with van der Waals surface area (Å²) in [7, 11) is 3.99. The van der Waals surface area contributed by atoms with Crippen LogP contribution in [0.1, 0.15) is 41.0 Å². The Morgan fingerprint density at radius 1 is 0.958 bits per heavy atom. The van der Waals surface area contributed by atoms with Gasteiger partial charge >= 0.3 is 0 Å². The second kappa shape index (κ2) is 10.6.